The number of methoxy groups -OCH3 is 1. The largest absolute Gasteiger partial charge is 0.468 e. The van der Waals surface area contributed by atoms with Crippen LogP contribution in [0, 0.1) is 0 Å². The Morgan fingerprint density at radius 1 is 1.56 bits per heavy atom. The summed E-state index contributed by atoms with van der Waals surface area (Å²) in [6, 6.07) is 1.88. The number of aryl methyl sites for hydroxylation is 1. The van der Waals surface area contributed by atoms with Crippen LogP contribution in [0.15, 0.2) is 12.3 Å². The van der Waals surface area contributed by atoms with Crippen LogP contribution in [0.4, 0.5) is 0 Å². The SMILES string of the molecule is CCc1ccnc(C2(C(=O)OC)CCC2)n1. The molecule has 16 heavy (non-hydrogen) atoms. The minimum absolute atomic E-state index is 0.202. The summed E-state index contributed by atoms with van der Waals surface area (Å²) in [5, 5.41) is 0. The van der Waals surface area contributed by atoms with Crippen LogP contribution in [0.2, 0.25) is 0 Å². The number of ether oxygens (including phenoxy) is 1. The zero-order valence-electron chi connectivity index (χ0n) is 9.69. The van der Waals surface area contributed by atoms with E-state index in [0.29, 0.717) is 5.82 Å². The summed E-state index contributed by atoms with van der Waals surface area (Å²) < 4.78 is 4.87. The van der Waals surface area contributed by atoms with Gasteiger partial charge in [0.15, 0.2) is 0 Å². The first-order valence-electron chi connectivity index (χ1n) is 5.64. The fourth-order valence-corrected chi connectivity index (χ4v) is 2.07. The molecule has 0 radical (unpaired) electrons. The average Bonchev–Trinajstić information content (AvgIpc) is 2.27. The average molecular weight is 220 g/mol. The Labute approximate surface area is 95.1 Å². The van der Waals surface area contributed by atoms with Crippen LogP contribution in [0.1, 0.15) is 37.7 Å². The lowest BCUT2D eigenvalue weighted by molar-refractivity contribution is -0.151. The van der Waals surface area contributed by atoms with Gasteiger partial charge in [-0.1, -0.05) is 13.3 Å². The zero-order valence-corrected chi connectivity index (χ0v) is 9.69. The predicted molar refractivity (Wildman–Crippen MR) is 59.0 cm³/mol. The topological polar surface area (TPSA) is 52.1 Å². The third-order valence-corrected chi connectivity index (χ3v) is 3.29. The molecule has 1 saturated carbocycles. The molecule has 0 saturated heterocycles. The molecule has 1 aromatic rings. The summed E-state index contributed by atoms with van der Waals surface area (Å²) in [5.74, 6) is 0.428. The van der Waals surface area contributed by atoms with E-state index in [9.17, 15) is 4.79 Å². The van der Waals surface area contributed by atoms with Crippen molar-refractivity contribution in [1.29, 1.82) is 0 Å². The maximum Gasteiger partial charge on any atom is 0.319 e. The maximum absolute atomic E-state index is 11.8. The van der Waals surface area contributed by atoms with E-state index >= 15 is 0 Å². The van der Waals surface area contributed by atoms with Crippen molar-refractivity contribution in [1.82, 2.24) is 9.97 Å². The van der Waals surface area contributed by atoms with Gasteiger partial charge < -0.3 is 4.74 Å². The number of esters is 1. The fourth-order valence-electron chi connectivity index (χ4n) is 2.07. The van der Waals surface area contributed by atoms with E-state index in [1.54, 1.807) is 6.20 Å². The van der Waals surface area contributed by atoms with E-state index in [1.165, 1.54) is 7.11 Å². The monoisotopic (exact) mass is 220 g/mol. The van der Waals surface area contributed by atoms with Crippen LogP contribution in [0.3, 0.4) is 0 Å². The van der Waals surface area contributed by atoms with Crippen LogP contribution in [-0.4, -0.2) is 23.0 Å². The third-order valence-electron chi connectivity index (χ3n) is 3.29. The van der Waals surface area contributed by atoms with Crippen molar-refractivity contribution in [3.05, 3.63) is 23.8 Å². The van der Waals surface area contributed by atoms with Crippen LogP contribution >= 0.6 is 0 Å². The Hall–Kier alpha value is -1.45. The van der Waals surface area contributed by atoms with E-state index < -0.39 is 5.41 Å². The number of carbonyl (C=O) groups is 1. The van der Waals surface area contributed by atoms with Gasteiger partial charge in [-0.3, -0.25) is 4.79 Å². The van der Waals surface area contributed by atoms with Gasteiger partial charge in [0.05, 0.1) is 7.11 Å². The maximum atomic E-state index is 11.8. The Kier molecular flexibility index (Phi) is 2.90. The summed E-state index contributed by atoms with van der Waals surface area (Å²) in [6.45, 7) is 2.04. The summed E-state index contributed by atoms with van der Waals surface area (Å²) >= 11 is 0. The van der Waals surface area contributed by atoms with E-state index in [1.807, 2.05) is 13.0 Å². The highest BCUT2D eigenvalue weighted by molar-refractivity contribution is 5.83. The van der Waals surface area contributed by atoms with Gasteiger partial charge >= 0.3 is 5.97 Å². The first kappa shape index (κ1) is 11.0. The Morgan fingerprint density at radius 2 is 2.31 bits per heavy atom. The Bertz CT molecular complexity index is 400. The van der Waals surface area contributed by atoms with Gasteiger partial charge in [-0.2, -0.15) is 0 Å². The molecule has 1 aliphatic rings. The van der Waals surface area contributed by atoms with Crippen molar-refractivity contribution in [2.24, 2.45) is 0 Å². The molecule has 1 aromatic heterocycles. The zero-order chi connectivity index (χ0) is 11.6. The van der Waals surface area contributed by atoms with E-state index in [-0.39, 0.29) is 5.97 Å². The van der Waals surface area contributed by atoms with Gasteiger partial charge in [-0.15, -0.1) is 0 Å². The number of hydrogen-bond acceptors (Lipinski definition) is 4. The standard InChI is InChI=1S/C12H16N2O2/c1-3-9-5-8-13-10(14-9)12(6-4-7-12)11(15)16-2/h5,8H,3-4,6-7H2,1-2H3. The Morgan fingerprint density at radius 3 is 2.81 bits per heavy atom. The van der Waals surface area contributed by atoms with Crippen LogP contribution in [-0.2, 0) is 21.4 Å². The highest BCUT2D eigenvalue weighted by Gasteiger charge is 2.49. The molecule has 0 spiro atoms. The van der Waals surface area contributed by atoms with Gasteiger partial charge in [0.1, 0.15) is 11.2 Å². The second kappa shape index (κ2) is 4.20. The molecule has 0 atom stereocenters. The first-order valence-corrected chi connectivity index (χ1v) is 5.64. The molecular formula is C12H16N2O2. The predicted octanol–water partition coefficient (Wildman–Crippen LogP) is 1.63. The van der Waals surface area contributed by atoms with Gasteiger partial charge in [-0.25, -0.2) is 9.97 Å². The van der Waals surface area contributed by atoms with Crippen molar-refractivity contribution in [2.45, 2.75) is 38.0 Å². The minimum Gasteiger partial charge on any atom is -0.468 e. The van der Waals surface area contributed by atoms with Crippen molar-refractivity contribution in [2.75, 3.05) is 7.11 Å². The van der Waals surface area contributed by atoms with Crippen molar-refractivity contribution in [3.8, 4) is 0 Å². The highest BCUT2D eigenvalue weighted by atomic mass is 16.5. The number of carbonyl (C=O) groups excluding carboxylic acids is 1. The highest BCUT2D eigenvalue weighted by Crippen LogP contribution is 2.42. The van der Waals surface area contributed by atoms with Gasteiger partial charge in [0, 0.05) is 11.9 Å². The fraction of sp³-hybridized carbons (Fsp3) is 0.583. The van der Waals surface area contributed by atoms with Crippen molar-refractivity contribution < 1.29 is 9.53 Å². The van der Waals surface area contributed by atoms with Crippen molar-refractivity contribution >= 4 is 5.97 Å². The number of rotatable bonds is 3. The van der Waals surface area contributed by atoms with E-state index in [4.69, 9.17) is 4.74 Å². The van der Waals surface area contributed by atoms with Gasteiger partial charge in [-0.05, 0) is 25.3 Å². The summed E-state index contributed by atoms with van der Waals surface area (Å²) in [5.41, 5.74) is 0.403. The number of hydrogen-bond donors (Lipinski definition) is 0. The molecule has 0 unspecified atom stereocenters. The molecule has 0 N–H and O–H groups in total. The van der Waals surface area contributed by atoms with Crippen LogP contribution < -0.4 is 0 Å². The normalized spacial score (nSPS) is 17.6. The van der Waals surface area contributed by atoms with E-state index in [0.717, 1.165) is 31.4 Å². The first-order chi connectivity index (χ1) is 7.73. The molecule has 2 rings (SSSR count). The quantitative estimate of drug-likeness (QED) is 0.726. The van der Waals surface area contributed by atoms with Gasteiger partial charge in [0.2, 0.25) is 0 Å². The second-order valence-electron chi connectivity index (χ2n) is 4.15. The minimum atomic E-state index is -0.570. The van der Waals surface area contributed by atoms with Gasteiger partial charge in [0.25, 0.3) is 0 Å². The molecular weight excluding hydrogens is 204 g/mol. The third kappa shape index (κ3) is 1.58. The molecule has 4 nitrogen and oxygen atoms in total. The molecule has 0 aliphatic heterocycles. The summed E-state index contributed by atoms with van der Waals surface area (Å²) in [6.07, 6.45) is 5.21. The summed E-state index contributed by atoms with van der Waals surface area (Å²) in [4.78, 5) is 20.5. The van der Waals surface area contributed by atoms with Crippen molar-refractivity contribution in [3.63, 3.8) is 0 Å². The number of nitrogens with zero attached hydrogens (tertiary/aromatic N) is 2. The molecule has 0 aromatic carbocycles. The molecule has 86 valence electrons. The lowest BCUT2D eigenvalue weighted by atomic mass is 9.68. The Balaban J connectivity index is 2.36. The van der Waals surface area contributed by atoms with Crippen LogP contribution in [0.25, 0.3) is 0 Å². The van der Waals surface area contributed by atoms with Crippen LogP contribution in [0.5, 0.6) is 0 Å². The smallest absolute Gasteiger partial charge is 0.319 e. The second-order valence-corrected chi connectivity index (χ2v) is 4.15. The molecule has 0 amide bonds. The molecule has 1 fully saturated rings. The molecule has 0 bridgehead atoms. The lowest BCUT2D eigenvalue weighted by Gasteiger charge is -2.37. The summed E-state index contributed by atoms with van der Waals surface area (Å²) in [7, 11) is 1.42. The van der Waals surface area contributed by atoms with E-state index in [2.05, 4.69) is 9.97 Å². The number of aromatic nitrogens is 2. The molecule has 1 aliphatic carbocycles. The molecule has 1 heterocycles. The molecule has 4 heteroatoms. The lowest BCUT2D eigenvalue weighted by Crippen LogP contribution is -2.44.